The minimum atomic E-state index is -5.25. The third-order valence-corrected chi connectivity index (χ3v) is 7.39. The molecule has 36 heavy (non-hydrogen) atoms. The molecular weight excluding hydrogens is 485 g/mol. The van der Waals surface area contributed by atoms with Crippen molar-refractivity contribution in [1.82, 2.24) is 4.57 Å². The third kappa shape index (κ3) is 3.39. The van der Waals surface area contributed by atoms with Gasteiger partial charge in [0.2, 0.25) is 12.0 Å². The first-order chi connectivity index (χ1) is 16.9. The molecule has 0 amide bonds. The van der Waals surface area contributed by atoms with Gasteiger partial charge < -0.3 is 9.47 Å². The quantitative estimate of drug-likeness (QED) is 0.304. The van der Waals surface area contributed by atoms with Gasteiger partial charge in [-0.05, 0) is 11.6 Å². The lowest BCUT2D eigenvalue weighted by atomic mass is 9.69. The molecular formula is C25H24F5N3O3+2. The maximum absolute atomic E-state index is 15.7. The van der Waals surface area contributed by atoms with Crippen LogP contribution in [0, 0.1) is 11.6 Å². The van der Waals surface area contributed by atoms with Crippen molar-refractivity contribution in [3.8, 4) is 17.0 Å². The van der Waals surface area contributed by atoms with Crippen LogP contribution in [0.25, 0.3) is 11.3 Å². The van der Waals surface area contributed by atoms with Crippen LogP contribution < -0.4 is 13.9 Å². The Bertz CT molecular complexity index is 1400. The summed E-state index contributed by atoms with van der Waals surface area (Å²) in [6.45, 7) is 3.86. The molecule has 0 N–H and O–H groups in total. The van der Waals surface area contributed by atoms with Crippen LogP contribution in [0.1, 0.15) is 47.8 Å². The van der Waals surface area contributed by atoms with Crippen LogP contribution in [0.3, 0.4) is 0 Å². The van der Waals surface area contributed by atoms with Gasteiger partial charge in [0.25, 0.3) is 5.69 Å². The number of esters is 1. The highest BCUT2D eigenvalue weighted by Crippen LogP contribution is 2.50. The fraction of sp³-hybridized carbons (Fsp3) is 0.400. The fourth-order valence-electron chi connectivity index (χ4n) is 5.62. The number of cyclic esters (lactones) is 1. The Morgan fingerprint density at radius 3 is 2.64 bits per heavy atom. The number of alkyl halides is 3. The van der Waals surface area contributed by atoms with E-state index in [9.17, 15) is 22.4 Å². The van der Waals surface area contributed by atoms with Crippen molar-refractivity contribution in [3.05, 3.63) is 65.4 Å². The molecule has 0 aliphatic carbocycles. The molecule has 2 aromatic heterocycles. The summed E-state index contributed by atoms with van der Waals surface area (Å²) in [5, 5.41) is 0. The molecule has 0 radical (unpaired) electrons. The van der Waals surface area contributed by atoms with E-state index < -0.39 is 52.5 Å². The zero-order valence-corrected chi connectivity index (χ0v) is 20.0. The molecule has 1 aromatic carbocycles. The summed E-state index contributed by atoms with van der Waals surface area (Å²) in [6.07, 6.45) is -0.839. The maximum Gasteiger partial charge on any atom is 0.422 e. The molecule has 2 aliphatic heterocycles. The standard InChI is InChI=1S/C25H24F5N3O3/c1-5-24(2)20(18-11-32-12-31(3)10-17(32)23(34)36-18)14-9-15(26)21(25(28,29)30)22(27)19(14)16-8-13(35-4)6-7-33(16)24/h6-10,12,18,20H,5,11H2,1-4H3/q+2. The molecule has 0 saturated carbocycles. The average molecular weight is 509 g/mol. The molecule has 2 aliphatic rings. The molecule has 190 valence electrons. The SMILES string of the molecule is CCC1(C)C(C2Cn3c[n+](C)cc3C(=O)O2)c2cc(F)c(C(F)(F)F)c(F)c2-c2cc(OC)cc[n+]21. The van der Waals surface area contributed by atoms with Gasteiger partial charge in [0, 0.05) is 19.4 Å². The predicted octanol–water partition coefficient (Wildman–Crippen LogP) is 4.03. The second-order valence-electron chi connectivity index (χ2n) is 9.41. The number of imidazole rings is 1. The van der Waals surface area contributed by atoms with Gasteiger partial charge >= 0.3 is 12.1 Å². The van der Waals surface area contributed by atoms with Crippen molar-refractivity contribution in [2.75, 3.05) is 7.11 Å². The average Bonchev–Trinajstić information content (AvgIpc) is 3.18. The van der Waals surface area contributed by atoms with E-state index in [1.54, 1.807) is 45.5 Å². The number of benzene rings is 1. The summed E-state index contributed by atoms with van der Waals surface area (Å²) < 4.78 is 87.8. The van der Waals surface area contributed by atoms with E-state index in [0.29, 0.717) is 17.9 Å². The molecule has 3 unspecified atom stereocenters. The van der Waals surface area contributed by atoms with Gasteiger partial charge in [-0.1, -0.05) is 6.92 Å². The summed E-state index contributed by atoms with van der Waals surface area (Å²) in [4.78, 5) is 12.8. The Kier molecular flexibility index (Phi) is 5.38. The number of methoxy groups -OCH3 is 1. The number of fused-ring (bicyclic) bond motifs is 4. The van der Waals surface area contributed by atoms with E-state index >= 15 is 4.39 Å². The number of halogens is 5. The molecule has 11 heteroatoms. The van der Waals surface area contributed by atoms with Crippen LogP contribution in [-0.2, 0) is 30.0 Å². The van der Waals surface area contributed by atoms with Gasteiger partial charge in [0.15, 0.2) is 23.7 Å². The molecule has 0 saturated heterocycles. The molecule has 3 aromatic rings. The van der Waals surface area contributed by atoms with Crippen LogP contribution >= 0.6 is 0 Å². The number of carbonyl (C=O) groups is 1. The third-order valence-electron chi connectivity index (χ3n) is 7.39. The van der Waals surface area contributed by atoms with Gasteiger partial charge in [0.05, 0.1) is 31.7 Å². The van der Waals surface area contributed by atoms with Crippen LogP contribution in [0.2, 0.25) is 0 Å². The predicted molar refractivity (Wildman–Crippen MR) is 115 cm³/mol. The number of carbonyl (C=O) groups excluding carboxylic acids is 1. The largest absolute Gasteiger partial charge is 0.496 e. The van der Waals surface area contributed by atoms with Crippen molar-refractivity contribution in [2.45, 2.75) is 50.6 Å². The first-order valence-corrected chi connectivity index (χ1v) is 11.4. The first-order valence-electron chi connectivity index (χ1n) is 11.4. The van der Waals surface area contributed by atoms with Crippen molar-refractivity contribution >= 4 is 5.97 Å². The zero-order valence-electron chi connectivity index (χ0n) is 20.0. The van der Waals surface area contributed by atoms with E-state index in [2.05, 4.69) is 0 Å². The number of pyridine rings is 1. The van der Waals surface area contributed by atoms with Crippen molar-refractivity contribution < 1.29 is 45.4 Å². The normalized spacial score (nSPS) is 23.0. The van der Waals surface area contributed by atoms with E-state index in [-0.39, 0.29) is 17.8 Å². The highest BCUT2D eigenvalue weighted by molar-refractivity contribution is 5.87. The Balaban J connectivity index is 1.81. The van der Waals surface area contributed by atoms with Crippen LogP contribution in [0.5, 0.6) is 5.75 Å². The van der Waals surface area contributed by atoms with Gasteiger partial charge in [-0.2, -0.15) is 17.7 Å². The summed E-state index contributed by atoms with van der Waals surface area (Å²) in [5.41, 5.74) is -2.83. The zero-order chi connectivity index (χ0) is 26.2. The highest BCUT2D eigenvalue weighted by atomic mass is 19.4. The molecule has 6 nitrogen and oxygen atoms in total. The summed E-state index contributed by atoms with van der Waals surface area (Å²) in [5.74, 6) is -4.61. The Morgan fingerprint density at radius 1 is 1.28 bits per heavy atom. The van der Waals surface area contributed by atoms with Crippen molar-refractivity contribution in [1.29, 1.82) is 0 Å². The summed E-state index contributed by atoms with van der Waals surface area (Å²) in [6, 6.07) is 3.78. The Hall–Kier alpha value is -3.50. The lowest BCUT2D eigenvalue weighted by Crippen LogP contribution is -2.64. The second kappa shape index (κ2) is 8.01. The molecule has 0 spiro atoms. The number of aromatic nitrogens is 3. The monoisotopic (exact) mass is 509 g/mol. The Morgan fingerprint density at radius 2 is 2.00 bits per heavy atom. The fourth-order valence-corrected chi connectivity index (χ4v) is 5.62. The number of aryl methyl sites for hydroxylation is 1. The topological polar surface area (TPSA) is 48.2 Å². The van der Waals surface area contributed by atoms with Gasteiger partial charge in [-0.25, -0.2) is 22.7 Å². The van der Waals surface area contributed by atoms with E-state index in [0.717, 1.165) is 6.07 Å². The lowest BCUT2D eigenvalue weighted by Gasteiger charge is -2.42. The summed E-state index contributed by atoms with van der Waals surface area (Å²) in [7, 11) is 3.12. The first kappa shape index (κ1) is 24.2. The van der Waals surface area contributed by atoms with Gasteiger partial charge in [-0.15, -0.1) is 0 Å². The number of hydrogen-bond acceptors (Lipinski definition) is 3. The minimum absolute atomic E-state index is 0.00776. The molecule has 3 atom stereocenters. The van der Waals surface area contributed by atoms with Crippen LogP contribution in [-0.4, -0.2) is 23.8 Å². The molecule has 0 bridgehead atoms. The van der Waals surface area contributed by atoms with E-state index in [1.807, 2.05) is 13.8 Å². The Labute approximate surface area is 203 Å². The number of nitrogens with zero attached hydrogens (tertiary/aromatic N) is 3. The molecule has 5 rings (SSSR count). The van der Waals surface area contributed by atoms with Crippen LogP contribution in [0.15, 0.2) is 36.9 Å². The molecule has 0 fully saturated rings. The van der Waals surface area contributed by atoms with Crippen LogP contribution in [0.4, 0.5) is 22.0 Å². The number of rotatable bonds is 3. The van der Waals surface area contributed by atoms with Gasteiger partial charge in [-0.3, -0.25) is 0 Å². The second-order valence-corrected chi connectivity index (χ2v) is 9.41. The smallest absolute Gasteiger partial charge is 0.422 e. The minimum Gasteiger partial charge on any atom is -0.496 e. The van der Waals surface area contributed by atoms with Crippen molar-refractivity contribution in [2.24, 2.45) is 7.05 Å². The number of ether oxygens (including phenoxy) is 2. The molecule has 4 heterocycles. The number of hydrogen-bond donors (Lipinski definition) is 0. The highest BCUT2D eigenvalue weighted by Gasteiger charge is 2.57. The lowest BCUT2D eigenvalue weighted by molar-refractivity contribution is -0.759. The van der Waals surface area contributed by atoms with Gasteiger partial charge in [0.1, 0.15) is 29.9 Å². The van der Waals surface area contributed by atoms with E-state index in [4.69, 9.17) is 9.47 Å². The summed E-state index contributed by atoms with van der Waals surface area (Å²) >= 11 is 0. The maximum atomic E-state index is 15.7. The van der Waals surface area contributed by atoms with E-state index in [1.165, 1.54) is 13.2 Å². The van der Waals surface area contributed by atoms with Crippen molar-refractivity contribution in [3.63, 3.8) is 0 Å².